The molecule has 0 radical (unpaired) electrons. The van der Waals surface area contributed by atoms with Gasteiger partial charge < -0.3 is 10.2 Å². The molecule has 0 aliphatic carbocycles. The van der Waals surface area contributed by atoms with E-state index in [1.165, 1.54) is 12.1 Å². The normalized spacial score (nSPS) is 11.0. The van der Waals surface area contributed by atoms with Crippen LogP contribution in [-0.4, -0.2) is 15.0 Å². The van der Waals surface area contributed by atoms with Crippen molar-refractivity contribution in [2.24, 2.45) is 0 Å². The molecule has 3 rings (SSSR count). The van der Waals surface area contributed by atoms with E-state index in [9.17, 15) is 4.39 Å². The highest BCUT2D eigenvalue weighted by Crippen LogP contribution is 2.27. The molecule has 0 fully saturated rings. The Bertz CT molecular complexity index is 726. The first kappa shape index (κ1) is 10.9. The molecule has 0 aliphatic heterocycles. The molecule has 0 spiro atoms. The molecule has 2 N–H and O–H groups in total. The Morgan fingerprint density at radius 2 is 1.83 bits per heavy atom. The standard InChI is InChI=1S/C11H6ClFN4O/c12-8-7-10(17-11(14)16-8)18-9(15-7)5-1-3-6(13)4-2-5/h1-4H,(H2,14,16,17). The summed E-state index contributed by atoms with van der Waals surface area (Å²) < 4.78 is 18.2. The van der Waals surface area contributed by atoms with Gasteiger partial charge in [-0.05, 0) is 24.3 Å². The average molecular weight is 265 g/mol. The summed E-state index contributed by atoms with van der Waals surface area (Å²) in [6, 6.07) is 5.72. The summed E-state index contributed by atoms with van der Waals surface area (Å²) >= 11 is 5.87. The summed E-state index contributed by atoms with van der Waals surface area (Å²) in [5, 5.41) is 0.120. The third-order valence-corrected chi connectivity index (χ3v) is 2.59. The van der Waals surface area contributed by atoms with Gasteiger partial charge in [0.25, 0.3) is 5.71 Å². The molecule has 90 valence electrons. The van der Waals surface area contributed by atoms with Gasteiger partial charge in [-0.3, -0.25) is 0 Å². The summed E-state index contributed by atoms with van der Waals surface area (Å²) in [5.41, 5.74) is 6.59. The second kappa shape index (κ2) is 3.92. The van der Waals surface area contributed by atoms with Crippen LogP contribution in [0, 0.1) is 5.82 Å². The van der Waals surface area contributed by atoms with Crippen molar-refractivity contribution in [2.75, 3.05) is 5.73 Å². The Balaban J connectivity index is 2.19. The number of hydrogen-bond donors (Lipinski definition) is 1. The van der Waals surface area contributed by atoms with Gasteiger partial charge in [0.15, 0.2) is 10.7 Å². The molecular formula is C11H6ClFN4O. The van der Waals surface area contributed by atoms with E-state index in [0.717, 1.165) is 0 Å². The number of nitrogen functional groups attached to an aromatic ring is 1. The number of rotatable bonds is 1. The number of benzene rings is 1. The Kier molecular flexibility index (Phi) is 2.38. The molecule has 1 aromatic carbocycles. The van der Waals surface area contributed by atoms with Gasteiger partial charge in [0, 0.05) is 5.56 Å². The number of aromatic nitrogens is 3. The van der Waals surface area contributed by atoms with Gasteiger partial charge in [-0.25, -0.2) is 9.37 Å². The van der Waals surface area contributed by atoms with Gasteiger partial charge >= 0.3 is 0 Å². The van der Waals surface area contributed by atoms with Gasteiger partial charge in [-0.15, -0.1) is 0 Å². The van der Waals surface area contributed by atoms with Crippen LogP contribution in [0.3, 0.4) is 0 Å². The molecular weight excluding hydrogens is 259 g/mol. The van der Waals surface area contributed by atoms with E-state index in [0.29, 0.717) is 11.1 Å². The first-order chi connectivity index (χ1) is 8.63. The van der Waals surface area contributed by atoms with E-state index in [1.807, 2.05) is 0 Å². The van der Waals surface area contributed by atoms with E-state index in [2.05, 4.69) is 15.0 Å². The van der Waals surface area contributed by atoms with Crippen molar-refractivity contribution < 1.29 is 8.81 Å². The number of fused-ring (bicyclic) bond motifs is 1. The third-order valence-electron chi connectivity index (χ3n) is 2.32. The van der Waals surface area contributed by atoms with Crippen LogP contribution in [0.15, 0.2) is 28.7 Å². The van der Waals surface area contributed by atoms with Gasteiger partial charge in [0.2, 0.25) is 11.8 Å². The highest BCUT2D eigenvalue weighted by molar-refractivity contribution is 6.33. The van der Waals surface area contributed by atoms with Crippen molar-refractivity contribution in [3.8, 4) is 11.5 Å². The number of hydrogen-bond acceptors (Lipinski definition) is 5. The molecule has 0 saturated heterocycles. The minimum absolute atomic E-state index is 0.00862. The van der Waals surface area contributed by atoms with Crippen LogP contribution in [0.4, 0.5) is 10.3 Å². The zero-order chi connectivity index (χ0) is 12.7. The summed E-state index contributed by atoms with van der Waals surface area (Å²) in [7, 11) is 0. The minimum atomic E-state index is -0.336. The zero-order valence-corrected chi connectivity index (χ0v) is 9.65. The number of anilines is 1. The van der Waals surface area contributed by atoms with Crippen molar-refractivity contribution in [3.63, 3.8) is 0 Å². The number of nitrogens with zero attached hydrogens (tertiary/aromatic N) is 3. The Morgan fingerprint density at radius 3 is 2.56 bits per heavy atom. The molecule has 0 amide bonds. The summed E-state index contributed by atoms with van der Waals surface area (Å²) in [6.07, 6.45) is 0. The van der Waals surface area contributed by atoms with Crippen LogP contribution >= 0.6 is 11.6 Å². The molecule has 7 heteroatoms. The quantitative estimate of drug-likeness (QED) is 0.684. The molecule has 5 nitrogen and oxygen atoms in total. The van der Waals surface area contributed by atoms with E-state index >= 15 is 0 Å². The first-order valence-electron chi connectivity index (χ1n) is 4.99. The maximum absolute atomic E-state index is 12.8. The molecule has 2 heterocycles. The van der Waals surface area contributed by atoms with E-state index < -0.39 is 0 Å². The lowest BCUT2D eigenvalue weighted by Crippen LogP contribution is -1.94. The zero-order valence-electron chi connectivity index (χ0n) is 8.89. The molecule has 0 bridgehead atoms. The molecule has 0 saturated carbocycles. The average Bonchev–Trinajstić information content (AvgIpc) is 2.74. The lowest BCUT2D eigenvalue weighted by atomic mass is 10.2. The number of nitrogens with two attached hydrogens (primary N) is 1. The van der Waals surface area contributed by atoms with Crippen LogP contribution in [-0.2, 0) is 0 Å². The van der Waals surface area contributed by atoms with E-state index in [-0.39, 0.29) is 28.5 Å². The van der Waals surface area contributed by atoms with Crippen molar-refractivity contribution in [1.82, 2.24) is 15.0 Å². The minimum Gasteiger partial charge on any atom is -0.417 e. The van der Waals surface area contributed by atoms with Crippen LogP contribution in [0.1, 0.15) is 0 Å². The largest absolute Gasteiger partial charge is 0.417 e. The predicted octanol–water partition coefficient (Wildman–Crippen LogP) is 2.66. The fraction of sp³-hybridized carbons (Fsp3) is 0. The molecule has 2 aromatic heterocycles. The third kappa shape index (κ3) is 1.76. The second-order valence-corrected chi connectivity index (χ2v) is 3.91. The van der Waals surface area contributed by atoms with Gasteiger partial charge in [0.1, 0.15) is 5.82 Å². The summed E-state index contributed by atoms with van der Waals surface area (Å²) in [6.45, 7) is 0. The topological polar surface area (TPSA) is 77.8 Å². The van der Waals surface area contributed by atoms with Crippen molar-refractivity contribution in [1.29, 1.82) is 0 Å². The number of oxazole rings is 1. The molecule has 0 atom stereocenters. The van der Waals surface area contributed by atoms with Gasteiger partial charge in [-0.1, -0.05) is 11.6 Å². The number of halogens is 2. The monoisotopic (exact) mass is 264 g/mol. The highest BCUT2D eigenvalue weighted by atomic mass is 35.5. The van der Waals surface area contributed by atoms with Crippen LogP contribution in [0.25, 0.3) is 22.7 Å². The maximum atomic E-state index is 12.8. The molecule has 3 aromatic rings. The maximum Gasteiger partial charge on any atom is 0.253 e. The SMILES string of the molecule is Nc1nc(Cl)c2nc(-c3ccc(F)cc3)oc2n1. The van der Waals surface area contributed by atoms with Gasteiger partial charge in [0.05, 0.1) is 0 Å². The van der Waals surface area contributed by atoms with E-state index in [4.69, 9.17) is 21.8 Å². The Morgan fingerprint density at radius 1 is 1.11 bits per heavy atom. The molecule has 18 heavy (non-hydrogen) atoms. The van der Waals surface area contributed by atoms with Crippen LogP contribution in [0.2, 0.25) is 5.15 Å². The fourth-order valence-electron chi connectivity index (χ4n) is 1.52. The smallest absolute Gasteiger partial charge is 0.253 e. The van der Waals surface area contributed by atoms with Crippen LogP contribution in [0.5, 0.6) is 0 Å². The van der Waals surface area contributed by atoms with E-state index in [1.54, 1.807) is 12.1 Å². The Labute approximate surface area is 105 Å². The second-order valence-electron chi connectivity index (χ2n) is 3.55. The van der Waals surface area contributed by atoms with Crippen molar-refractivity contribution in [2.45, 2.75) is 0 Å². The van der Waals surface area contributed by atoms with Gasteiger partial charge in [-0.2, -0.15) is 9.97 Å². The molecule has 0 aliphatic rings. The fourth-order valence-corrected chi connectivity index (χ4v) is 1.73. The highest BCUT2D eigenvalue weighted by Gasteiger charge is 2.14. The predicted molar refractivity (Wildman–Crippen MR) is 64.4 cm³/mol. The summed E-state index contributed by atoms with van der Waals surface area (Å²) in [5.74, 6) is -0.0435. The van der Waals surface area contributed by atoms with Crippen molar-refractivity contribution in [3.05, 3.63) is 35.2 Å². The Hall–Kier alpha value is -2.21. The van der Waals surface area contributed by atoms with Crippen molar-refractivity contribution >= 4 is 28.8 Å². The van der Waals surface area contributed by atoms with Crippen LogP contribution < -0.4 is 5.73 Å². The molecule has 0 unspecified atom stereocenters. The summed E-state index contributed by atoms with van der Waals surface area (Å²) in [4.78, 5) is 11.8. The first-order valence-corrected chi connectivity index (χ1v) is 5.37. The lowest BCUT2D eigenvalue weighted by molar-refractivity contribution is 0.606. The lowest BCUT2D eigenvalue weighted by Gasteiger charge is -1.93.